The second-order valence-corrected chi connectivity index (χ2v) is 5.43. The number of ether oxygens (including phenoxy) is 1. The zero-order valence-electron chi connectivity index (χ0n) is 13.6. The van der Waals surface area contributed by atoms with E-state index in [0.29, 0.717) is 22.6 Å². The minimum atomic E-state index is -2.96. The Labute approximate surface area is 147 Å². The molecule has 0 bridgehead atoms. The summed E-state index contributed by atoms with van der Waals surface area (Å²) in [7, 11) is 0. The largest absolute Gasteiger partial charge is 0.451 e. The van der Waals surface area contributed by atoms with Gasteiger partial charge < -0.3 is 14.5 Å². The summed E-state index contributed by atoms with van der Waals surface area (Å²) in [4.78, 5) is 12.3. The maximum Gasteiger partial charge on any atom is 0.387 e. The normalized spacial score (nSPS) is 10.8. The van der Waals surface area contributed by atoms with E-state index in [0.717, 1.165) is 0 Å². The predicted molar refractivity (Wildman–Crippen MR) is 89.9 cm³/mol. The molecular weight excluding hydrogens is 347 g/mol. The number of nitrogens with one attached hydrogen (secondary N) is 1. The second kappa shape index (κ2) is 7.35. The van der Waals surface area contributed by atoms with Gasteiger partial charge in [-0.1, -0.05) is 6.07 Å². The van der Waals surface area contributed by atoms with Crippen molar-refractivity contribution < 1.29 is 27.1 Å². The lowest BCUT2D eigenvalue weighted by Gasteiger charge is -2.12. The van der Waals surface area contributed by atoms with Crippen LogP contribution in [0.1, 0.15) is 16.1 Å². The molecule has 1 aromatic heterocycles. The number of halogens is 3. The Hall–Kier alpha value is -3.22. The highest BCUT2D eigenvalue weighted by atomic mass is 19.3. The second-order valence-electron chi connectivity index (χ2n) is 5.43. The highest BCUT2D eigenvalue weighted by Gasteiger charge is 2.16. The summed E-state index contributed by atoms with van der Waals surface area (Å²) in [5.74, 6) is -0.509. The standard InChI is InChI=1S/C19H14F3NO3/c1-11-14(3-2-4-15(11)26-19(21)22)23-18(24)17-10-9-16(25-17)12-5-7-13(20)8-6-12/h2-10,19H,1H3,(H,23,24). The van der Waals surface area contributed by atoms with Gasteiger partial charge in [0, 0.05) is 16.8 Å². The Kier molecular flexibility index (Phi) is 4.97. The fourth-order valence-corrected chi connectivity index (χ4v) is 2.39. The summed E-state index contributed by atoms with van der Waals surface area (Å²) in [5, 5.41) is 2.60. The van der Waals surface area contributed by atoms with Crippen LogP contribution < -0.4 is 10.1 Å². The number of amides is 1. The van der Waals surface area contributed by atoms with Gasteiger partial charge >= 0.3 is 6.61 Å². The van der Waals surface area contributed by atoms with Gasteiger partial charge in [0.25, 0.3) is 5.91 Å². The molecule has 0 saturated heterocycles. The van der Waals surface area contributed by atoms with Crippen molar-refractivity contribution in [2.24, 2.45) is 0 Å². The average Bonchev–Trinajstić information content (AvgIpc) is 3.09. The summed E-state index contributed by atoms with van der Waals surface area (Å²) in [6, 6.07) is 13.1. The van der Waals surface area contributed by atoms with Gasteiger partial charge in [-0.2, -0.15) is 8.78 Å². The third-order valence-corrected chi connectivity index (χ3v) is 3.71. The fourth-order valence-electron chi connectivity index (χ4n) is 2.39. The van der Waals surface area contributed by atoms with Crippen molar-refractivity contribution >= 4 is 11.6 Å². The molecule has 0 saturated carbocycles. The Morgan fingerprint density at radius 1 is 1.08 bits per heavy atom. The SMILES string of the molecule is Cc1c(NC(=O)c2ccc(-c3ccc(F)cc3)o2)cccc1OC(F)F. The van der Waals surface area contributed by atoms with Crippen molar-refractivity contribution in [1.29, 1.82) is 0 Å². The lowest BCUT2D eigenvalue weighted by molar-refractivity contribution is -0.0502. The van der Waals surface area contributed by atoms with E-state index in [2.05, 4.69) is 10.1 Å². The molecule has 0 unspecified atom stereocenters. The number of alkyl halides is 2. The maximum atomic E-state index is 13.0. The predicted octanol–water partition coefficient (Wildman–Crippen LogP) is 5.25. The van der Waals surface area contributed by atoms with Crippen molar-refractivity contribution in [3.8, 4) is 17.1 Å². The maximum absolute atomic E-state index is 13.0. The molecule has 0 aliphatic rings. The summed E-state index contributed by atoms with van der Waals surface area (Å²) in [6.07, 6.45) is 0. The number of hydrogen-bond donors (Lipinski definition) is 1. The number of anilines is 1. The molecule has 0 radical (unpaired) electrons. The van der Waals surface area contributed by atoms with Crippen LogP contribution in [0.5, 0.6) is 5.75 Å². The molecule has 134 valence electrons. The third kappa shape index (κ3) is 3.88. The zero-order chi connectivity index (χ0) is 18.7. The molecule has 1 heterocycles. The molecular formula is C19H14F3NO3. The first kappa shape index (κ1) is 17.6. The lowest BCUT2D eigenvalue weighted by Crippen LogP contribution is -2.12. The molecule has 4 nitrogen and oxygen atoms in total. The van der Waals surface area contributed by atoms with Gasteiger partial charge in [0.2, 0.25) is 0 Å². The van der Waals surface area contributed by atoms with Crippen LogP contribution in [0.15, 0.2) is 59.0 Å². The van der Waals surface area contributed by atoms with Crippen LogP contribution in [0.3, 0.4) is 0 Å². The topological polar surface area (TPSA) is 51.5 Å². The molecule has 26 heavy (non-hydrogen) atoms. The van der Waals surface area contributed by atoms with Gasteiger partial charge in [0.1, 0.15) is 17.3 Å². The monoisotopic (exact) mass is 361 g/mol. The molecule has 1 N–H and O–H groups in total. The molecule has 1 amide bonds. The van der Waals surface area contributed by atoms with E-state index in [4.69, 9.17) is 4.42 Å². The van der Waals surface area contributed by atoms with E-state index < -0.39 is 12.5 Å². The van der Waals surface area contributed by atoms with Crippen LogP contribution in [-0.4, -0.2) is 12.5 Å². The fraction of sp³-hybridized carbons (Fsp3) is 0.105. The molecule has 2 aromatic carbocycles. The van der Waals surface area contributed by atoms with Gasteiger partial charge in [0.15, 0.2) is 5.76 Å². The van der Waals surface area contributed by atoms with E-state index in [-0.39, 0.29) is 17.3 Å². The van der Waals surface area contributed by atoms with Crippen molar-refractivity contribution in [3.05, 3.63) is 71.7 Å². The third-order valence-electron chi connectivity index (χ3n) is 3.71. The minimum Gasteiger partial charge on any atom is -0.451 e. The molecule has 7 heteroatoms. The van der Waals surface area contributed by atoms with Crippen molar-refractivity contribution in [2.45, 2.75) is 13.5 Å². The van der Waals surface area contributed by atoms with Crippen molar-refractivity contribution in [3.63, 3.8) is 0 Å². The number of carbonyl (C=O) groups is 1. The molecule has 0 spiro atoms. The van der Waals surface area contributed by atoms with Gasteiger partial charge in [0.05, 0.1) is 0 Å². The highest BCUT2D eigenvalue weighted by molar-refractivity contribution is 6.03. The molecule has 3 rings (SSSR count). The van der Waals surface area contributed by atoms with Crippen molar-refractivity contribution in [1.82, 2.24) is 0 Å². The zero-order valence-corrected chi connectivity index (χ0v) is 13.6. The Morgan fingerprint density at radius 2 is 1.81 bits per heavy atom. The summed E-state index contributed by atoms with van der Waals surface area (Å²) in [6.45, 7) is -1.40. The van der Waals surface area contributed by atoms with E-state index in [9.17, 15) is 18.0 Å². The number of rotatable bonds is 5. The van der Waals surface area contributed by atoms with Crippen LogP contribution in [-0.2, 0) is 0 Å². The first-order chi connectivity index (χ1) is 12.4. The average molecular weight is 361 g/mol. The Bertz CT molecular complexity index is 920. The van der Waals surface area contributed by atoms with Crippen molar-refractivity contribution in [2.75, 3.05) is 5.32 Å². The summed E-state index contributed by atoms with van der Waals surface area (Å²) >= 11 is 0. The Morgan fingerprint density at radius 3 is 2.50 bits per heavy atom. The number of benzene rings is 2. The number of furan rings is 1. The van der Waals surface area contributed by atoms with Crippen LogP contribution in [0, 0.1) is 12.7 Å². The molecule has 0 aliphatic carbocycles. The molecule has 0 atom stereocenters. The number of hydrogen-bond acceptors (Lipinski definition) is 3. The Balaban J connectivity index is 1.78. The first-order valence-electron chi connectivity index (χ1n) is 7.65. The van der Waals surface area contributed by atoms with E-state index in [1.165, 1.54) is 42.5 Å². The number of carbonyl (C=O) groups excluding carboxylic acids is 1. The van der Waals surface area contributed by atoms with E-state index >= 15 is 0 Å². The van der Waals surface area contributed by atoms with Gasteiger partial charge in [-0.25, -0.2) is 4.39 Å². The van der Waals surface area contributed by atoms with Gasteiger partial charge in [-0.05, 0) is 55.5 Å². The highest BCUT2D eigenvalue weighted by Crippen LogP contribution is 2.28. The first-order valence-corrected chi connectivity index (χ1v) is 7.65. The summed E-state index contributed by atoms with van der Waals surface area (Å²) < 4.78 is 47.7. The molecule has 3 aromatic rings. The summed E-state index contributed by atoms with van der Waals surface area (Å²) in [5.41, 5.74) is 1.31. The lowest BCUT2D eigenvalue weighted by atomic mass is 10.1. The van der Waals surface area contributed by atoms with E-state index in [1.807, 2.05) is 0 Å². The van der Waals surface area contributed by atoms with Gasteiger partial charge in [-0.15, -0.1) is 0 Å². The van der Waals surface area contributed by atoms with Crippen LogP contribution in [0.2, 0.25) is 0 Å². The minimum absolute atomic E-state index is 0.0238. The van der Waals surface area contributed by atoms with E-state index in [1.54, 1.807) is 19.1 Å². The molecule has 0 aliphatic heterocycles. The van der Waals surface area contributed by atoms with Gasteiger partial charge in [-0.3, -0.25) is 4.79 Å². The smallest absolute Gasteiger partial charge is 0.387 e. The van der Waals surface area contributed by atoms with Crippen LogP contribution in [0.4, 0.5) is 18.9 Å². The molecule has 0 fully saturated rings. The quantitative estimate of drug-likeness (QED) is 0.675. The van der Waals surface area contributed by atoms with Crippen LogP contribution >= 0.6 is 0 Å². The van der Waals surface area contributed by atoms with Crippen LogP contribution in [0.25, 0.3) is 11.3 Å².